The first kappa shape index (κ1) is 12.2. The summed E-state index contributed by atoms with van der Waals surface area (Å²) in [6, 6.07) is 0. The first-order valence-corrected chi connectivity index (χ1v) is 5.30. The van der Waals surface area contributed by atoms with E-state index in [1.165, 1.54) is 7.11 Å². The van der Waals surface area contributed by atoms with Crippen molar-refractivity contribution < 1.29 is 29.5 Å². The van der Waals surface area contributed by atoms with Gasteiger partial charge in [-0.3, -0.25) is 0 Å². The van der Waals surface area contributed by atoms with Crippen LogP contribution in [-0.2, 0) is 14.2 Å². The Bertz CT molecular complexity index is 268. The summed E-state index contributed by atoms with van der Waals surface area (Å²) in [5.41, 5.74) is 0. The maximum absolute atomic E-state index is 9.96. The molecular formula is C10H18O6. The Kier molecular flexibility index (Phi) is 2.98. The summed E-state index contributed by atoms with van der Waals surface area (Å²) >= 11 is 0. The van der Waals surface area contributed by atoms with E-state index >= 15 is 0 Å². The van der Waals surface area contributed by atoms with Gasteiger partial charge in [0.2, 0.25) is 0 Å². The summed E-state index contributed by atoms with van der Waals surface area (Å²) in [6.07, 6.45) is -5.60. The number of hydrogen-bond donors (Lipinski definition) is 3. The molecular weight excluding hydrogens is 216 g/mol. The minimum absolute atomic E-state index is 0.682. The van der Waals surface area contributed by atoms with Crippen LogP contribution in [0.5, 0.6) is 0 Å². The Morgan fingerprint density at radius 2 is 1.44 bits per heavy atom. The predicted octanol–water partition coefficient (Wildman–Crippen LogP) is -1.38. The molecule has 1 saturated heterocycles. The summed E-state index contributed by atoms with van der Waals surface area (Å²) in [5.74, 6) is -0.875. The average Bonchev–Trinajstić information content (AvgIpc) is 2.52. The van der Waals surface area contributed by atoms with Gasteiger partial charge in [0.1, 0.15) is 36.6 Å². The Labute approximate surface area is 93.7 Å². The second kappa shape index (κ2) is 3.90. The zero-order valence-electron chi connectivity index (χ0n) is 9.53. The lowest BCUT2D eigenvalue weighted by Gasteiger charge is -2.40. The topological polar surface area (TPSA) is 88.4 Å². The number of ether oxygens (including phenoxy) is 3. The van der Waals surface area contributed by atoms with E-state index in [9.17, 15) is 15.3 Å². The van der Waals surface area contributed by atoms with Crippen LogP contribution < -0.4 is 0 Å². The zero-order valence-corrected chi connectivity index (χ0v) is 9.53. The van der Waals surface area contributed by atoms with Gasteiger partial charge in [0, 0.05) is 7.11 Å². The van der Waals surface area contributed by atoms with Crippen LogP contribution in [0.15, 0.2) is 0 Å². The minimum atomic E-state index is -1.18. The fraction of sp³-hybridized carbons (Fsp3) is 1.00. The van der Waals surface area contributed by atoms with E-state index in [2.05, 4.69) is 0 Å². The molecule has 0 radical (unpaired) electrons. The molecule has 0 aromatic carbocycles. The standard InChI is InChI=1S/C10H18O6/c1-10(2)15-8-5(12)4(11)7(14-3)6(13)9(8)16-10/h4-9,11-13H,1-3H3/t4-,5-,6-,7+,8+,9-/m0/s1. The van der Waals surface area contributed by atoms with Crippen LogP contribution >= 0.6 is 0 Å². The largest absolute Gasteiger partial charge is 0.387 e. The first-order valence-electron chi connectivity index (χ1n) is 5.30. The van der Waals surface area contributed by atoms with E-state index < -0.39 is 42.4 Å². The van der Waals surface area contributed by atoms with Gasteiger partial charge in [-0.15, -0.1) is 0 Å². The molecule has 0 aromatic rings. The summed E-state index contributed by atoms with van der Waals surface area (Å²) in [4.78, 5) is 0. The number of hydrogen-bond acceptors (Lipinski definition) is 6. The Balaban J connectivity index is 2.23. The molecule has 94 valence electrons. The lowest BCUT2D eigenvalue weighted by atomic mass is 9.85. The van der Waals surface area contributed by atoms with Crippen molar-refractivity contribution in [1.29, 1.82) is 0 Å². The van der Waals surface area contributed by atoms with Gasteiger partial charge in [-0.05, 0) is 13.8 Å². The first-order chi connectivity index (χ1) is 7.37. The third kappa shape index (κ3) is 1.75. The van der Waals surface area contributed by atoms with Gasteiger partial charge in [-0.1, -0.05) is 0 Å². The van der Waals surface area contributed by atoms with E-state index in [1.807, 2.05) is 0 Å². The summed E-state index contributed by atoms with van der Waals surface area (Å²) < 4.78 is 15.9. The highest BCUT2D eigenvalue weighted by Crippen LogP contribution is 2.37. The minimum Gasteiger partial charge on any atom is -0.387 e. The van der Waals surface area contributed by atoms with Crippen LogP contribution in [0.1, 0.15) is 13.8 Å². The third-order valence-corrected chi connectivity index (χ3v) is 3.13. The van der Waals surface area contributed by atoms with E-state index in [4.69, 9.17) is 14.2 Å². The Morgan fingerprint density at radius 1 is 0.938 bits per heavy atom. The molecule has 1 aliphatic heterocycles. The number of aliphatic hydroxyl groups is 3. The smallest absolute Gasteiger partial charge is 0.164 e. The maximum atomic E-state index is 9.96. The number of fused-ring (bicyclic) bond motifs is 1. The monoisotopic (exact) mass is 234 g/mol. The fourth-order valence-corrected chi connectivity index (χ4v) is 2.40. The molecule has 1 aliphatic carbocycles. The molecule has 6 atom stereocenters. The second-order valence-electron chi connectivity index (χ2n) is 4.74. The highest BCUT2D eigenvalue weighted by molar-refractivity contribution is 5.04. The second-order valence-corrected chi connectivity index (χ2v) is 4.74. The van der Waals surface area contributed by atoms with Crippen LogP contribution in [0.25, 0.3) is 0 Å². The van der Waals surface area contributed by atoms with Crippen molar-refractivity contribution in [3.8, 4) is 0 Å². The van der Waals surface area contributed by atoms with Crippen LogP contribution in [0.2, 0.25) is 0 Å². The molecule has 0 unspecified atom stereocenters. The normalized spacial score (nSPS) is 51.4. The molecule has 2 fully saturated rings. The lowest BCUT2D eigenvalue weighted by Crippen LogP contribution is -2.63. The molecule has 0 spiro atoms. The number of methoxy groups -OCH3 is 1. The molecule has 0 aromatic heterocycles. The van der Waals surface area contributed by atoms with Gasteiger partial charge in [-0.25, -0.2) is 0 Å². The van der Waals surface area contributed by atoms with Gasteiger partial charge in [0.15, 0.2) is 5.79 Å². The predicted molar refractivity (Wildman–Crippen MR) is 52.6 cm³/mol. The highest BCUT2D eigenvalue weighted by atomic mass is 16.8. The fourth-order valence-electron chi connectivity index (χ4n) is 2.40. The summed E-state index contributed by atoms with van der Waals surface area (Å²) in [7, 11) is 1.37. The highest BCUT2D eigenvalue weighted by Gasteiger charge is 2.57. The van der Waals surface area contributed by atoms with Crippen LogP contribution in [-0.4, -0.2) is 64.8 Å². The van der Waals surface area contributed by atoms with Crippen molar-refractivity contribution in [3.05, 3.63) is 0 Å². The molecule has 16 heavy (non-hydrogen) atoms. The molecule has 2 aliphatic rings. The summed E-state index contributed by atoms with van der Waals surface area (Å²) in [6.45, 7) is 3.39. The molecule has 0 bridgehead atoms. The number of aliphatic hydroxyl groups excluding tert-OH is 3. The summed E-state index contributed by atoms with van der Waals surface area (Å²) in [5, 5.41) is 29.6. The van der Waals surface area contributed by atoms with Gasteiger partial charge in [0.25, 0.3) is 0 Å². The van der Waals surface area contributed by atoms with Crippen molar-refractivity contribution in [2.45, 2.75) is 56.3 Å². The molecule has 0 amide bonds. The zero-order chi connectivity index (χ0) is 12.1. The van der Waals surface area contributed by atoms with Crippen molar-refractivity contribution in [2.75, 3.05) is 7.11 Å². The molecule has 3 N–H and O–H groups in total. The average molecular weight is 234 g/mol. The third-order valence-electron chi connectivity index (χ3n) is 3.13. The SMILES string of the molecule is CO[C@@H]1[C@@H](O)[C@H](O)[C@H]2OC(C)(C)O[C@H]2[C@H]1O. The maximum Gasteiger partial charge on any atom is 0.164 e. The van der Waals surface area contributed by atoms with Gasteiger partial charge in [-0.2, -0.15) is 0 Å². The van der Waals surface area contributed by atoms with Crippen molar-refractivity contribution in [3.63, 3.8) is 0 Å². The van der Waals surface area contributed by atoms with Crippen LogP contribution in [0.3, 0.4) is 0 Å². The van der Waals surface area contributed by atoms with Gasteiger partial charge >= 0.3 is 0 Å². The van der Waals surface area contributed by atoms with E-state index in [-0.39, 0.29) is 0 Å². The Hall–Kier alpha value is -0.240. The van der Waals surface area contributed by atoms with Crippen LogP contribution in [0, 0.1) is 0 Å². The van der Waals surface area contributed by atoms with Crippen molar-refractivity contribution in [1.82, 2.24) is 0 Å². The lowest BCUT2D eigenvalue weighted by molar-refractivity contribution is -0.200. The quantitative estimate of drug-likeness (QED) is 0.518. The molecule has 6 heteroatoms. The number of rotatable bonds is 1. The van der Waals surface area contributed by atoms with E-state index in [0.717, 1.165) is 0 Å². The van der Waals surface area contributed by atoms with Crippen molar-refractivity contribution >= 4 is 0 Å². The van der Waals surface area contributed by atoms with Crippen LogP contribution in [0.4, 0.5) is 0 Å². The molecule has 1 saturated carbocycles. The van der Waals surface area contributed by atoms with E-state index in [1.54, 1.807) is 13.8 Å². The Morgan fingerprint density at radius 3 is 1.94 bits per heavy atom. The van der Waals surface area contributed by atoms with Gasteiger partial charge < -0.3 is 29.5 Å². The molecule has 1 heterocycles. The van der Waals surface area contributed by atoms with Gasteiger partial charge in [0.05, 0.1) is 0 Å². The van der Waals surface area contributed by atoms with Crippen molar-refractivity contribution in [2.24, 2.45) is 0 Å². The molecule has 2 rings (SSSR count). The van der Waals surface area contributed by atoms with E-state index in [0.29, 0.717) is 0 Å². The molecule has 6 nitrogen and oxygen atoms in total.